The Labute approximate surface area is 381 Å². The van der Waals surface area contributed by atoms with E-state index in [0.717, 1.165) is 65.7 Å². The molecule has 3 rings (SSSR count). The van der Waals surface area contributed by atoms with Crippen LogP contribution in [-0.2, 0) is 25.5 Å². The summed E-state index contributed by atoms with van der Waals surface area (Å²) in [6.45, 7) is 18.6. The quantitative estimate of drug-likeness (QED) is 0.0549. The fourth-order valence-corrected chi connectivity index (χ4v) is 8.81. The number of nitrogens with zero attached hydrogens (tertiary/aromatic N) is 1. The molecular formula is C48H84N2O14. The van der Waals surface area contributed by atoms with Crippen molar-refractivity contribution in [2.24, 2.45) is 17.8 Å². The van der Waals surface area contributed by atoms with Gasteiger partial charge in [0.25, 0.3) is 5.91 Å². The van der Waals surface area contributed by atoms with Crippen LogP contribution in [0.4, 0.5) is 0 Å². The summed E-state index contributed by atoms with van der Waals surface area (Å²) in [6, 6.07) is 0. The number of hydrogen-bond acceptors (Lipinski definition) is 14. The zero-order valence-corrected chi connectivity index (χ0v) is 40.1. The van der Waals surface area contributed by atoms with Crippen LogP contribution in [-0.4, -0.2) is 158 Å². The van der Waals surface area contributed by atoms with Crippen LogP contribution in [0.5, 0.6) is 11.5 Å². The Kier molecular flexibility index (Phi) is 23.2. The Morgan fingerprint density at radius 2 is 1.45 bits per heavy atom. The molecule has 0 aromatic heterocycles. The van der Waals surface area contributed by atoms with Gasteiger partial charge in [0, 0.05) is 25.6 Å². The SMILES string of the molecule is CC(=O)N(CCCNC(=O)[C@H](O)[C@@H](O)[C@H](O)C(O)COC1O[C@H](CO)[C@@H](O)[C@H](O)C1O)CCOc1c(C)c(C)c2c(c1C)CC[C@](C)(CCC[C@H](C)CCC[C@H](C)CCCC(C)C)O2. The summed E-state index contributed by atoms with van der Waals surface area (Å²) in [4.78, 5) is 26.7. The van der Waals surface area contributed by atoms with Gasteiger partial charge in [-0.25, -0.2) is 0 Å². The third-order valence-electron chi connectivity index (χ3n) is 13.4. The van der Waals surface area contributed by atoms with Crippen molar-refractivity contribution in [2.75, 3.05) is 39.5 Å². The number of hydrogen-bond donors (Lipinski definition) is 9. The maximum atomic E-state index is 12.6. The molecule has 0 bridgehead atoms. The van der Waals surface area contributed by atoms with Gasteiger partial charge in [-0.05, 0) is 94.2 Å². The summed E-state index contributed by atoms with van der Waals surface area (Å²) in [5, 5.41) is 83.1. The third kappa shape index (κ3) is 16.3. The molecule has 12 atom stereocenters. The van der Waals surface area contributed by atoms with Crippen LogP contribution in [0.25, 0.3) is 0 Å². The number of carbonyl (C=O) groups is 2. The summed E-state index contributed by atoms with van der Waals surface area (Å²) < 4.78 is 23.5. The summed E-state index contributed by atoms with van der Waals surface area (Å²) >= 11 is 0. The minimum atomic E-state index is -2.15. The topological polar surface area (TPSA) is 248 Å². The van der Waals surface area contributed by atoms with Crippen molar-refractivity contribution in [3.8, 4) is 11.5 Å². The van der Waals surface area contributed by atoms with Crippen molar-refractivity contribution in [1.82, 2.24) is 10.2 Å². The molecule has 2 amide bonds. The van der Waals surface area contributed by atoms with Gasteiger partial charge >= 0.3 is 0 Å². The molecule has 16 nitrogen and oxygen atoms in total. The smallest absolute Gasteiger partial charge is 0.251 e. The number of aliphatic hydroxyl groups excluding tert-OH is 8. The van der Waals surface area contributed by atoms with E-state index in [1.54, 1.807) is 4.90 Å². The Bertz CT molecular complexity index is 1580. The fourth-order valence-electron chi connectivity index (χ4n) is 8.81. The Morgan fingerprint density at radius 3 is 2.06 bits per heavy atom. The first kappa shape index (κ1) is 55.7. The minimum Gasteiger partial charge on any atom is -0.491 e. The lowest BCUT2D eigenvalue weighted by molar-refractivity contribution is -0.306. The zero-order chi connectivity index (χ0) is 47.9. The van der Waals surface area contributed by atoms with Gasteiger partial charge < -0.3 is 70.0 Å². The van der Waals surface area contributed by atoms with E-state index in [4.69, 9.17) is 18.9 Å². The zero-order valence-electron chi connectivity index (χ0n) is 40.1. The number of aliphatic hydroxyl groups is 8. The van der Waals surface area contributed by atoms with Crippen LogP contribution in [0.2, 0.25) is 0 Å². The minimum absolute atomic E-state index is 0.0183. The van der Waals surface area contributed by atoms with Gasteiger partial charge in [-0.15, -0.1) is 0 Å². The Morgan fingerprint density at radius 1 is 0.828 bits per heavy atom. The lowest BCUT2D eigenvalue weighted by Crippen LogP contribution is -2.59. The van der Waals surface area contributed by atoms with Crippen molar-refractivity contribution in [3.63, 3.8) is 0 Å². The van der Waals surface area contributed by atoms with E-state index in [0.29, 0.717) is 18.9 Å². The van der Waals surface area contributed by atoms with Gasteiger partial charge in [-0.2, -0.15) is 0 Å². The summed E-state index contributed by atoms with van der Waals surface area (Å²) in [6.07, 6.45) is -2.81. The molecular weight excluding hydrogens is 829 g/mol. The second-order valence-corrected chi connectivity index (χ2v) is 19.4. The van der Waals surface area contributed by atoms with E-state index >= 15 is 0 Å². The van der Waals surface area contributed by atoms with Crippen molar-refractivity contribution in [2.45, 2.75) is 200 Å². The molecule has 2 aliphatic rings. The molecule has 9 N–H and O–H groups in total. The fraction of sp³-hybridized carbons (Fsp3) is 0.833. The molecule has 0 aliphatic carbocycles. The first-order valence-corrected chi connectivity index (χ1v) is 23.7. The second-order valence-electron chi connectivity index (χ2n) is 19.4. The number of rotatable bonds is 28. The number of amides is 2. The highest BCUT2D eigenvalue weighted by atomic mass is 16.7. The molecule has 1 fully saturated rings. The molecule has 0 spiro atoms. The largest absolute Gasteiger partial charge is 0.491 e. The molecule has 16 heteroatoms. The molecule has 0 radical (unpaired) electrons. The first-order chi connectivity index (χ1) is 30.1. The van der Waals surface area contributed by atoms with E-state index in [1.807, 2.05) is 6.92 Å². The Hall–Kier alpha value is -2.64. The molecule has 370 valence electrons. The lowest BCUT2D eigenvalue weighted by atomic mass is 9.83. The predicted octanol–water partition coefficient (Wildman–Crippen LogP) is 3.13. The highest BCUT2D eigenvalue weighted by molar-refractivity contribution is 5.81. The van der Waals surface area contributed by atoms with Crippen LogP contribution >= 0.6 is 0 Å². The first-order valence-electron chi connectivity index (χ1n) is 23.7. The number of nitrogens with one attached hydrogen (secondary N) is 1. The van der Waals surface area contributed by atoms with Gasteiger partial charge in [-0.1, -0.05) is 72.6 Å². The molecule has 1 aromatic carbocycles. The average Bonchev–Trinajstić information content (AvgIpc) is 3.25. The van der Waals surface area contributed by atoms with Gasteiger partial charge in [0.05, 0.1) is 19.8 Å². The normalized spacial score (nSPS) is 25.1. The average molecular weight is 913 g/mol. The van der Waals surface area contributed by atoms with Gasteiger partial charge in [-0.3, -0.25) is 9.59 Å². The summed E-state index contributed by atoms with van der Waals surface area (Å²) in [7, 11) is 0. The predicted molar refractivity (Wildman–Crippen MR) is 242 cm³/mol. The molecule has 1 aromatic rings. The van der Waals surface area contributed by atoms with Crippen molar-refractivity contribution >= 4 is 11.8 Å². The molecule has 2 heterocycles. The van der Waals surface area contributed by atoms with Crippen molar-refractivity contribution in [1.29, 1.82) is 0 Å². The van der Waals surface area contributed by atoms with Crippen LogP contribution < -0.4 is 14.8 Å². The number of fused-ring (bicyclic) bond motifs is 1. The molecule has 64 heavy (non-hydrogen) atoms. The second kappa shape index (κ2) is 26.6. The van der Waals surface area contributed by atoms with Gasteiger partial charge in [0.15, 0.2) is 12.4 Å². The number of ether oxygens (including phenoxy) is 4. The maximum Gasteiger partial charge on any atom is 0.251 e. The van der Waals surface area contributed by atoms with Crippen LogP contribution in [0, 0.1) is 38.5 Å². The van der Waals surface area contributed by atoms with E-state index < -0.39 is 74.2 Å². The highest BCUT2D eigenvalue weighted by Gasteiger charge is 2.45. The van der Waals surface area contributed by atoms with E-state index in [1.165, 1.54) is 57.4 Å². The van der Waals surface area contributed by atoms with E-state index in [9.17, 15) is 50.4 Å². The van der Waals surface area contributed by atoms with E-state index in [2.05, 4.69) is 53.8 Å². The van der Waals surface area contributed by atoms with Crippen LogP contribution in [0.1, 0.15) is 134 Å². The maximum absolute atomic E-state index is 12.6. The molecule has 2 aliphatic heterocycles. The van der Waals surface area contributed by atoms with Crippen molar-refractivity contribution < 1.29 is 69.4 Å². The molecule has 0 saturated carbocycles. The Balaban J connectivity index is 1.42. The third-order valence-corrected chi connectivity index (χ3v) is 13.4. The molecule has 1 saturated heterocycles. The number of carbonyl (C=O) groups excluding carboxylic acids is 2. The summed E-state index contributed by atoms with van der Waals surface area (Å²) in [5.41, 5.74) is 4.06. The highest BCUT2D eigenvalue weighted by Crippen LogP contribution is 2.45. The van der Waals surface area contributed by atoms with Crippen molar-refractivity contribution in [3.05, 3.63) is 22.3 Å². The number of benzene rings is 1. The lowest BCUT2D eigenvalue weighted by Gasteiger charge is -2.40. The van der Waals surface area contributed by atoms with E-state index in [-0.39, 0.29) is 31.2 Å². The van der Waals surface area contributed by atoms with Crippen LogP contribution in [0.15, 0.2) is 0 Å². The molecule has 3 unspecified atom stereocenters. The monoisotopic (exact) mass is 913 g/mol. The summed E-state index contributed by atoms with van der Waals surface area (Å²) in [5.74, 6) is 2.86. The van der Waals surface area contributed by atoms with Gasteiger partial charge in [0.1, 0.15) is 66.4 Å². The van der Waals surface area contributed by atoms with Gasteiger partial charge in [0.2, 0.25) is 5.91 Å². The standard InChI is InChI=1S/C48H84N2O14/c1-28(2)14-10-15-29(3)16-11-17-30(4)18-12-20-48(9)21-19-35-33(7)44(31(5)32(6)45(35)64-48)61-25-24-50(34(8)52)23-13-22-49-46(60)42(58)40(56)38(54)36(53)27-62-47-43(59)41(57)39(55)37(26-51)63-47/h28-30,36-43,47,51,53-59H,10-27H2,1-9H3,(H,49,60)/t29-,30-,36?,37-,38-,39-,40+,41+,42-,43?,47?,48+/m1/s1. The van der Waals surface area contributed by atoms with Crippen LogP contribution in [0.3, 0.4) is 0 Å².